The number of nitrogen functional groups attached to an aromatic ring is 1. The molecule has 0 saturated heterocycles. The van der Waals surface area contributed by atoms with E-state index < -0.39 is 5.91 Å². The van der Waals surface area contributed by atoms with Crippen LogP contribution in [0.3, 0.4) is 0 Å². The molecule has 0 aliphatic heterocycles. The highest BCUT2D eigenvalue weighted by molar-refractivity contribution is 7.99. The van der Waals surface area contributed by atoms with Gasteiger partial charge < -0.3 is 11.5 Å². The number of carbonyl (C=O) groups excluding carboxylic acids is 1. The maximum absolute atomic E-state index is 11.1. The average Bonchev–Trinajstić information content (AvgIpc) is 2.41. The number of primary amides is 1. The van der Waals surface area contributed by atoms with E-state index in [9.17, 15) is 4.79 Å². The van der Waals surface area contributed by atoms with Crippen molar-refractivity contribution in [2.24, 2.45) is 5.73 Å². The average molecular weight is 287 g/mol. The van der Waals surface area contributed by atoms with Crippen LogP contribution in [0.2, 0.25) is 0 Å². The number of hydrogen-bond donors (Lipinski definition) is 2. The lowest BCUT2D eigenvalue weighted by Gasteiger charge is -2.08. The van der Waals surface area contributed by atoms with Gasteiger partial charge in [-0.25, -0.2) is 4.98 Å². The summed E-state index contributed by atoms with van der Waals surface area (Å²) in [5.74, 6) is -0.0579. The van der Waals surface area contributed by atoms with Crippen molar-refractivity contribution in [1.82, 2.24) is 4.98 Å². The fourth-order valence-electron chi connectivity index (χ4n) is 1.70. The van der Waals surface area contributed by atoms with Crippen LogP contribution in [-0.4, -0.2) is 10.9 Å². The Kier molecular flexibility index (Phi) is 4.29. The van der Waals surface area contributed by atoms with Crippen molar-refractivity contribution in [1.29, 1.82) is 0 Å². The fraction of sp³-hybridized carbons (Fsp3) is 0.200. The van der Waals surface area contributed by atoms with Crippen LogP contribution in [0.5, 0.6) is 0 Å². The van der Waals surface area contributed by atoms with Gasteiger partial charge in [-0.1, -0.05) is 37.7 Å². The molecule has 1 heterocycles. The number of nitrogens with two attached hydrogens (primary N) is 2. The minimum absolute atomic E-state index is 0.223. The first-order valence-corrected chi connectivity index (χ1v) is 7.13. The van der Waals surface area contributed by atoms with Crippen LogP contribution in [0.4, 0.5) is 5.69 Å². The second-order valence-corrected chi connectivity index (χ2v) is 5.84. The number of carbonyl (C=O) groups is 1. The van der Waals surface area contributed by atoms with E-state index in [4.69, 9.17) is 11.5 Å². The topological polar surface area (TPSA) is 82.0 Å². The van der Waals surface area contributed by atoms with Gasteiger partial charge in [-0.05, 0) is 35.7 Å². The van der Waals surface area contributed by atoms with E-state index in [0.717, 1.165) is 4.90 Å². The number of pyridine rings is 1. The van der Waals surface area contributed by atoms with Gasteiger partial charge >= 0.3 is 0 Å². The summed E-state index contributed by atoms with van der Waals surface area (Å²) in [7, 11) is 0. The van der Waals surface area contributed by atoms with Crippen LogP contribution < -0.4 is 11.5 Å². The Labute approximate surface area is 122 Å². The van der Waals surface area contributed by atoms with Gasteiger partial charge in [0.1, 0.15) is 10.7 Å². The van der Waals surface area contributed by atoms with Gasteiger partial charge in [0, 0.05) is 4.90 Å². The fourth-order valence-corrected chi connectivity index (χ4v) is 2.53. The third kappa shape index (κ3) is 3.30. The number of nitrogens with zero attached hydrogens (tertiary/aromatic N) is 1. The molecule has 1 aromatic heterocycles. The van der Waals surface area contributed by atoms with Gasteiger partial charge in [-0.15, -0.1) is 0 Å². The smallest absolute Gasteiger partial charge is 0.267 e. The molecule has 0 fully saturated rings. The summed E-state index contributed by atoms with van der Waals surface area (Å²) in [5, 5.41) is 0.596. The number of benzene rings is 1. The normalized spacial score (nSPS) is 10.8. The molecule has 0 aliphatic carbocycles. The van der Waals surface area contributed by atoms with E-state index in [1.54, 1.807) is 6.07 Å². The summed E-state index contributed by atoms with van der Waals surface area (Å²) in [6, 6.07) is 11.4. The summed E-state index contributed by atoms with van der Waals surface area (Å²) in [4.78, 5) is 16.4. The van der Waals surface area contributed by atoms with E-state index in [2.05, 4.69) is 31.0 Å². The summed E-state index contributed by atoms with van der Waals surface area (Å²) < 4.78 is 0. The Morgan fingerprint density at radius 2 is 1.80 bits per heavy atom. The molecule has 2 aromatic rings. The molecule has 2 rings (SSSR count). The largest absolute Gasteiger partial charge is 0.397 e. The number of hydrogen-bond acceptors (Lipinski definition) is 4. The van der Waals surface area contributed by atoms with Crippen molar-refractivity contribution in [3.05, 3.63) is 47.7 Å². The Bertz CT molecular complexity index is 624. The molecule has 0 atom stereocenters. The van der Waals surface area contributed by atoms with Gasteiger partial charge in [-0.3, -0.25) is 4.79 Å². The highest BCUT2D eigenvalue weighted by atomic mass is 32.2. The van der Waals surface area contributed by atoms with Crippen LogP contribution in [0.15, 0.2) is 46.3 Å². The van der Waals surface area contributed by atoms with Gasteiger partial charge in [-0.2, -0.15) is 0 Å². The molecule has 0 aliphatic rings. The number of aromatic nitrogens is 1. The Hall–Kier alpha value is -2.01. The van der Waals surface area contributed by atoms with Crippen LogP contribution in [0.25, 0.3) is 0 Å². The van der Waals surface area contributed by atoms with Gasteiger partial charge in [0.25, 0.3) is 5.91 Å². The van der Waals surface area contributed by atoms with E-state index >= 15 is 0 Å². The molecule has 0 bridgehead atoms. The number of rotatable bonds is 4. The lowest BCUT2D eigenvalue weighted by molar-refractivity contribution is 0.0995. The maximum atomic E-state index is 11.1. The third-order valence-corrected chi connectivity index (χ3v) is 3.93. The first-order chi connectivity index (χ1) is 9.47. The van der Waals surface area contributed by atoms with Crippen LogP contribution in [0.1, 0.15) is 35.8 Å². The van der Waals surface area contributed by atoms with Crippen molar-refractivity contribution in [3.8, 4) is 0 Å². The zero-order chi connectivity index (χ0) is 14.7. The first-order valence-electron chi connectivity index (χ1n) is 6.31. The van der Waals surface area contributed by atoms with Crippen molar-refractivity contribution in [2.75, 3.05) is 5.73 Å². The molecule has 0 spiro atoms. The molecule has 1 amide bonds. The highest BCUT2D eigenvalue weighted by Gasteiger charge is 2.09. The molecule has 0 unspecified atom stereocenters. The summed E-state index contributed by atoms with van der Waals surface area (Å²) >= 11 is 1.42. The second-order valence-electron chi connectivity index (χ2n) is 4.78. The standard InChI is InChI=1S/C15H17N3OS/c1-9(2)10-3-5-11(6-4-10)20-15-12(16)7-8-13(18-15)14(17)19/h3-9H,16H2,1-2H3,(H2,17,19). The SMILES string of the molecule is CC(C)c1ccc(Sc2nc(C(N)=O)ccc2N)cc1. The van der Waals surface area contributed by atoms with Crippen molar-refractivity contribution >= 4 is 23.4 Å². The molecule has 1 aromatic carbocycles. The predicted molar refractivity (Wildman–Crippen MR) is 81.8 cm³/mol. The minimum Gasteiger partial charge on any atom is -0.397 e. The first kappa shape index (κ1) is 14.4. The zero-order valence-electron chi connectivity index (χ0n) is 11.5. The number of amides is 1. The Morgan fingerprint density at radius 3 is 2.35 bits per heavy atom. The van der Waals surface area contributed by atoms with Crippen molar-refractivity contribution < 1.29 is 4.79 Å². The zero-order valence-corrected chi connectivity index (χ0v) is 12.3. The molecule has 4 nitrogen and oxygen atoms in total. The third-order valence-electron chi connectivity index (χ3n) is 2.90. The van der Waals surface area contributed by atoms with Gasteiger partial charge in [0.2, 0.25) is 0 Å². The lowest BCUT2D eigenvalue weighted by Crippen LogP contribution is -2.13. The van der Waals surface area contributed by atoms with Crippen molar-refractivity contribution in [3.63, 3.8) is 0 Å². The molecule has 20 heavy (non-hydrogen) atoms. The molecular weight excluding hydrogens is 270 g/mol. The Balaban J connectivity index is 2.25. The molecule has 0 saturated carbocycles. The monoisotopic (exact) mass is 287 g/mol. The quantitative estimate of drug-likeness (QED) is 0.905. The molecular formula is C15H17N3OS. The molecule has 0 radical (unpaired) electrons. The van der Waals surface area contributed by atoms with Gasteiger partial charge in [0.05, 0.1) is 5.69 Å². The Morgan fingerprint density at radius 1 is 1.15 bits per heavy atom. The number of anilines is 1. The molecule has 104 valence electrons. The maximum Gasteiger partial charge on any atom is 0.267 e. The lowest BCUT2D eigenvalue weighted by atomic mass is 10.0. The van der Waals surface area contributed by atoms with Gasteiger partial charge in [0.15, 0.2) is 0 Å². The minimum atomic E-state index is -0.554. The molecule has 5 heteroatoms. The summed E-state index contributed by atoms with van der Waals surface area (Å²) in [6.45, 7) is 4.30. The van der Waals surface area contributed by atoms with Crippen LogP contribution >= 0.6 is 11.8 Å². The van der Waals surface area contributed by atoms with E-state index in [1.165, 1.54) is 23.4 Å². The summed E-state index contributed by atoms with van der Waals surface area (Å²) in [5.41, 5.74) is 13.1. The predicted octanol–water partition coefficient (Wildman–Crippen LogP) is 3.04. The summed E-state index contributed by atoms with van der Waals surface area (Å²) in [6.07, 6.45) is 0. The second kappa shape index (κ2) is 5.96. The van der Waals surface area contributed by atoms with Crippen LogP contribution in [0, 0.1) is 0 Å². The van der Waals surface area contributed by atoms with Crippen molar-refractivity contribution in [2.45, 2.75) is 29.7 Å². The van der Waals surface area contributed by atoms with E-state index in [0.29, 0.717) is 16.6 Å². The molecule has 4 N–H and O–H groups in total. The van der Waals surface area contributed by atoms with E-state index in [-0.39, 0.29) is 5.69 Å². The van der Waals surface area contributed by atoms with E-state index in [1.807, 2.05) is 12.1 Å². The highest BCUT2D eigenvalue weighted by Crippen LogP contribution is 2.31. The van der Waals surface area contributed by atoms with Crippen LogP contribution in [-0.2, 0) is 0 Å².